The lowest BCUT2D eigenvalue weighted by Gasteiger charge is -2.08. The van der Waals surface area contributed by atoms with Gasteiger partial charge < -0.3 is 5.32 Å². The molecule has 0 spiro atoms. The van der Waals surface area contributed by atoms with E-state index in [9.17, 15) is 9.18 Å². The molecule has 0 amide bonds. The van der Waals surface area contributed by atoms with Gasteiger partial charge in [-0.05, 0) is 30.3 Å². The molecule has 4 nitrogen and oxygen atoms in total. The predicted molar refractivity (Wildman–Crippen MR) is 82.9 cm³/mol. The van der Waals surface area contributed by atoms with Crippen LogP contribution in [0, 0.1) is 5.82 Å². The van der Waals surface area contributed by atoms with Crippen molar-refractivity contribution in [2.75, 3.05) is 5.32 Å². The summed E-state index contributed by atoms with van der Waals surface area (Å²) in [5.74, 6) is -0.351. The lowest BCUT2D eigenvalue weighted by molar-refractivity contribution is 0.629. The van der Waals surface area contributed by atoms with Gasteiger partial charge >= 0.3 is 0 Å². The Morgan fingerprint density at radius 2 is 2.10 bits per heavy atom. The molecule has 0 saturated heterocycles. The summed E-state index contributed by atoms with van der Waals surface area (Å²) < 4.78 is 15.9. The molecule has 6 heteroatoms. The lowest BCUT2D eigenvalue weighted by Crippen LogP contribution is -2.16. The molecule has 0 radical (unpaired) electrons. The number of nitrogens with one attached hydrogen (secondary N) is 1. The Balaban J connectivity index is 1.88. The monoisotopic (exact) mass is 347 g/mol. The zero-order chi connectivity index (χ0) is 14.8. The average Bonchev–Trinajstić information content (AvgIpc) is 2.48. The van der Waals surface area contributed by atoms with E-state index >= 15 is 0 Å². The molecule has 21 heavy (non-hydrogen) atoms. The first-order valence-corrected chi connectivity index (χ1v) is 7.09. The Kier molecular flexibility index (Phi) is 3.70. The van der Waals surface area contributed by atoms with E-state index in [1.807, 2.05) is 6.07 Å². The van der Waals surface area contributed by atoms with Crippen LogP contribution >= 0.6 is 15.9 Å². The predicted octanol–water partition coefficient (Wildman–Crippen LogP) is 3.21. The lowest BCUT2D eigenvalue weighted by atomic mass is 10.3. The van der Waals surface area contributed by atoms with Crippen molar-refractivity contribution in [1.29, 1.82) is 0 Å². The standard InChI is InChI=1S/C15H11BrFN3O/c16-10-4-5-12(17)13(7-10)18-9-11-8-15(21)20-6-2-1-3-14(20)19-11/h1-8,18H,9H2. The second-order valence-corrected chi connectivity index (χ2v) is 5.41. The number of aromatic nitrogens is 2. The van der Waals surface area contributed by atoms with Crippen molar-refractivity contribution in [3.63, 3.8) is 0 Å². The van der Waals surface area contributed by atoms with Gasteiger partial charge in [-0.1, -0.05) is 22.0 Å². The molecule has 3 rings (SSSR count). The smallest absolute Gasteiger partial charge is 0.258 e. The molecule has 0 aliphatic rings. The fourth-order valence-electron chi connectivity index (χ4n) is 2.01. The maximum Gasteiger partial charge on any atom is 0.258 e. The fourth-order valence-corrected chi connectivity index (χ4v) is 2.37. The largest absolute Gasteiger partial charge is 0.377 e. The van der Waals surface area contributed by atoms with Gasteiger partial charge in [0.05, 0.1) is 17.9 Å². The topological polar surface area (TPSA) is 46.4 Å². The van der Waals surface area contributed by atoms with E-state index in [0.717, 1.165) is 4.47 Å². The molecule has 1 N–H and O–H groups in total. The minimum Gasteiger partial charge on any atom is -0.377 e. The van der Waals surface area contributed by atoms with Crippen LogP contribution in [0.5, 0.6) is 0 Å². The molecule has 0 fully saturated rings. The molecule has 3 aromatic rings. The third-order valence-electron chi connectivity index (χ3n) is 3.01. The van der Waals surface area contributed by atoms with Crippen LogP contribution in [0.1, 0.15) is 5.69 Å². The van der Waals surface area contributed by atoms with Crippen LogP contribution in [0.2, 0.25) is 0 Å². The number of nitrogens with zero attached hydrogens (tertiary/aromatic N) is 2. The van der Waals surface area contributed by atoms with E-state index in [1.165, 1.54) is 16.5 Å². The Labute approximate surface area is 128 Å². The van der Waals surface area contributed by atoms with Gasteiger partial charge in [0, 0.05) is 16.7 Å². The molecule has 0 saturated carbocycles. The highest BCUT2D eigenvalue weighted by Crippen LogP contribution is 2.20. The maximum atomic E-state index is 13.6. The number of halogens is 2. The number of benzene rings is 1. The van der Waals surface area contributed by atoms with E-state index in [-0.39, 0.29) is 17.9 Å². The first-order chi connectivity index (χ1) is 10.1. The maximum absolute atomic E-state index is 13.6. The molecule has 0 bridgehead atoms. The second kappa shape index (κ2) is 5.65. The Morgan fingerprint density at radius 3 is 2.95 bits per heavy atom. The van der Waals surface area contributed by atoms with E-state index in [2.05, 4.69) is 26.2 Å². The third-order valence-corrected chi connectivity index (χ3v) is 3.51. The molecule has 1 aromatic carbocycles. The number of hydrogen-bond acceptors (Lipinski definition) is 3. The van der Waals surface area contributed by atoms with Gasteiger partial charge in [-0.15, -0.1) is 0 Å². The molecule has 0 atom stereocenters. The summed E-state index contributed by atoms with van der Waals surface area (Å²) in [7, 11) is 0. The number of pyridine rings is 1. The second-order valence-electron chi connectivity index (χ2n) is 4.49. The van der Waals surface area contributed by atoms with Crippen LogP contribution in [-0.4, -0.2) is 9.38 Å². The zero-order valence-corrected chi connectivity index (χ0v) is 12.5. The third kappa shape index (κ3) is 2.95. The Hall–Kier alpha value is -2.21. The van der Waals surface area contributed by atoms with Crippen molar-refractivity contribution in [3.05, 3.63) is 75.0 Å². The molecular formula is C15H11BrFN3O. The van der Waals surface area contributed by atoms with Gasteiger partial charge in [-0.3, -0.25) is 9.20 Å². The summed E-state index contributed by atoms with van der Waals surface area (Å²) in [5, 5.41) is 2.95. The van der Waals surface area contributed by atoms with Gasteiger partial charge in [-0.2, -0.15) is 0 Å². The van der Waals surface area contributed by atoms with Crippen molar-refractivity contribution in [1.82, 2.24) is 9.38 Å². The van der Waals surface area contributed by atoms with E-state index in [4.69, 9.17) is 0 Å². The van der Waals surface area contributed by atoms with Gasteiger partial charge in [0.2, 0.25) is 0 Å². The van der Waals surface area contributed by atoms with Crippen LogP contribution in [0.4, 0.5) is 10.1 Å². The molecule has 2 aromatic heterocycles. The van der Waals surface area contributed by atoms with Crippen LogP contribution in [0.25, 0.3) is 5.65 Å². The van der Waals surface area contributed by atoms with Crippen molar-refractivity contribution >= 4 is 27.3 Å². The van der Waals surface area contributed by atoms with Crippen LogP contribution in [0.15, 0.2) is 57.9 Å². The van der Waals surface area contributed by atoms with Crippen LogP contribution in [-0.2, 0) is 6.54 Å². The van der Waals surface area contributed by atoms with Crippen molar-refractivity contribution in [3.8, 4) is 0 Å². The molecule has 0 aliphatic carbocycles. The van der Waals surface area contributed by atoms with Gasteiger partial charge in [-0.25, -0.2) is 9.37 Å². The fraction of sp³-hybridized carbons (Fsp3) is 0.0667. The first-order valence-electron chi connectivity index (χ1n) is 6.30. The quantitative estimate of drug-likeness (QED) is 0.791. The molecule has 106 valence electrons. The number of anilines is 1. The SMILES string of the molecule is O=c1cc(CNc2cc(Br)ccc2F)nc2ccccn12. The summed E-state index contributed by atoms with van der Waals surface area (Å²) >= 11 is 3.29. The van der Waals surface area contributed by atoms with E-state index in [1.54, 1.807) is 30.5 Å². The molecule has 2 heterocycles. The molecular weight excluding hydrogens is 337 g/mol. The number of fused-ring (bicyclic) bond motifs is 1. The highest BCUT2D eigenvalue weighted by atomic mass is 79.9. The van der Waals surface area contributed by atoms with E-state index < -0.39 is 0 Å². The summed E-state index contributed by atoms with van der Waals surface area (Å²) in [6.45, 7) is 0.272. The van der Waals surface area contributed by atoms with Crippen molar-refractivity contribution in [2.24, 2.45) is 0 Å². The van der Waals surface area contributed by atoms with Gasteiger partial charge in [0.15, 0.2) is 0 Å². The molecule has 0 aliphatic heterocycles. The zero-order valence-electron chi connectivity index (χ0n) is 10.9. The van der Waals surface area contributed by atoms with Gasteiger partial charge in [0.25, 0.3) is 5.56 Å². The van der Waals surface area contributed by atoms with Crippen LogP contribution < -0.4 is 10.9 Å². The summed E-state index contributed by atoms with van der Waals surface area (Å²) in [6, 6.07) is 11.4. The number of rotatable bonds is 3. The van der Waals surface area contributed by atoms with Crippen molar-refractivity contribution in [2.45, 2.75) is 6.54 Å². The average molecular weight is 348 g/mol. The highest BCUT2D eigenvalue weighted by molar-refractivity contribution is 9.10. The van der Waals surface area contributed by atoms with Gasteiger partial charge in [0.1, 0.15) is 11.5 Å². The normalized spacial score (nSPS) is 10.8. The Bertz CT molecular complexity index is 863. The highest BCUT2D eigenvalue weighted by Gasteiger charge is 2.05. The van der Waals surface area contributed by atoms with E-state index in [0.29, 0.717) is 17.0 Å². The summed E-state index contributed by atoms with van der Waals surface area (Å²) in [4.78, 5) is 16.3. The number of hydrogen-bond donors (Lipinski definition) is 1. The molecule has 0 unspecified atom stereocenters. The minimum atomic E-state index is -0.351. The van der Waals surface area contributed by atoms with Crippen molar-refractivity contribution < 1.29 is 4.39 Å². The first kappa shape index (κ1) is 13.8. The minimum absolute atomic E-state index is 0.160. The summed E-state index contributed by atoms with van der Waals surface area (Å²) in [6.07, 6.45) is 1.66. The summed E-state index contributed by atoms with van der Waals surface area (Å²) in [5.41, 5.74) is 1.33. The van der Waals surface area contributed by atoms with Crippen LogP contribution in [0.3, 0.4) is 0 Å². The Morgan fingerprint density at radius 1 is 1.24 bits per heavy atom.